The summed E-state index contributed by atoms with van der Waals surface area (Å²) in [6, 6.07) is 22.3. The van der Waals surface area contributed by atoms with Crippen molar-refractivity contribution in [2.45, 2.75) is 32.2 Å². The van der Waals surface area contributed by atoms with Crippen molar-refractivity contribution in [2.24, 2.45) is 7.05 Å². The minimum Gasteiger partial charge on any atom is -0.494 e. The number of hydrogen-bond acceptors (Lipinski definition) is 5. The molecule has 0 bridgehead atoms. The summed E-state index contributed by atoms with van der Waals surface area (Å²) in [7, 11) is 1.80. The first-order valence-corrected chi connectivity index (χ1v) is 13.8. The number of rotatable bonds is 12. The van der Waals surface area contributed by atoms with E-state index in [1.807, 2.05) is 54.1 Å². The van der Waals surface area contributed by atoms with Gasteiger partial charge in [-0.1, -0.05) is 24.3 Å². The third-order valence-electron chi connectivity index (χ3n) is 6.88. The molecule has 5 rings (SSSR count). The van der Waals surface area contributed by atoms with Crippen molar-refractivity contribution in [3.05, 3.63) is 106 Å². The molecule has 0 aliphatic heterocycles. The highest BCUT2D eigenvalue weighted by molar-refractivity contribution is 7.17. The Morgan fingerprint density at radius 2 is 1.82 bits per heavy atom. The summed E-state index contributed by atoms with van der Waals surface area (Å²) < 4.78 is 9.05. The smallest absolute Gasteiger partial charge is 0.250 e. The lowest BCUT2D eigenvalue weighted by Gasteiger charge is -2.22. The summed E-state index contributed by atoms with van der Waals surface area (Å²) in [5.41, 5.74) is 3.63. The van der Waals surface area contributed by atoms with Crippen molar-refractivity contribution in [1.29, 1.82) is 0 Å². The van der Waals surface area contributed by atoms with Gasteiger partial charge in [0, 0.05) is 48.7 Å². The standard InChI is InChI=1S/C31H33N3O2S.2ClH/c1-33-29-13-12-27(20-25(29)11-14-31(33)35)36-19-6-2-5-17-34(18-15-24-8-7-16-32-21-24)22-26-23-37-30-10-4-3-9-28(26)30;;/h3-4,7-14,16,20-21,23H,2,5-6,15,17-19,22H2,1H3;2*1H. The second-order valence-corrected chi connectivity index (χ2v) is 10.4. The molecule has 0 saturated carbocycles. The van der Waals surface area contributed by atoms with Crippen LogP contribution in [0.4, 0.5) is 0 Å². The number of fused-ring (bicyclic) bond motifs is 2. The molecule has 0 aliphatic rings. The molecule has 5 nitrogen and oxygen atoms in total. The van der Waals surface area contributed by atoms with Crippen molar-refractivity contribution >= 4 is 57.1 Å². The Hall–Kier alpha value is -2.90. The maximum absolute atomic E-state index is 11.8. The van der Waals surface area contributed by atoms with E-state index in [1.54, 1.807) is 17.7 Å². The number of halogens is 2. The van der Waals surface area contributed by atoms with Crippen LogP contribution in [-0.2, 0) is 20.0 Å². The number of nitrogens with zero attached hydrogens (tertiary/aromatic N) is 3. The second kappa shape index (κ2) is 15.0. The highest BCUT2D eigenvalue weighted by atomic mass is 35.5. The Labute approximate surface area is 246 Å². The SMILES string of the molecule is Cl.Cl.Cn1c(=O)ccc2cc(OCCCCCN(CCc3cccnc3)Cc3csc4ccccc34)ccc21. The van der Waals surface area contributed by atoms with Gasteiger partial charge in [-0.05, 0) is 90.5 Å². The molecule has 0 radical (unpaired) electrons. The number of hydrogen-bond donors (Lipinski definition) is 0. The zero-order chi connectivity index (χ0) is 25.5. The first-order chi connectivity index (χ1) is 18.2. The van der Waals surface area contributed by atoms with Crippen LogP contribution in [0, 0.1) is 0 Å². The number of unbranched alkanes of at least 4 members (excludes halogenated alkanes) is 2. The van der Waals surface area contributed by atoms with E-state index in [-0.39, 0.29) is 30.4 Å². The van der Waals surface area contributed by atoms with Gasteiger partial charge in [0.2, 0.25) is 0 Å². The van der Waals surface area contributed by atoms with Gasteiger partial charge in [-0.15, -0.1) is 36.2 Å². The van der Waals surface area contributed by atoms with E-state index in [1.165, 1.54) is 21.2 Å². The van der Waals surface area contributed by atoms with Gasteiger partial charge in [-0.2, -0.15) is 0 Å². The fourth-order valence-corrected chi connectivity index (χ4v) is 5.71. The largest absolute Gasteiger partial charge is 0.494 e. The summed E-state index contributed by atoms with van der Waals surface area (Å²) in [6.07, 6.45) is 8.09. The van der Waals surface area contributed by atoms with E-state index in [0.717, 1.165) is 62.0 Å². The Kier molecular flexibility index (Phi) is 11.8. The van der Waals surface area contributed by atoms with E-state index < -0.39 is 0 Å². The molecule has 0 aliphatic carbocycles. The van der Waals surface area contributed by atoms with Crippen LogP contribution in [0.2, 0.25) is 0 Å². The molecule has 3 heterocycles. The Balaban J connectivity index is 0.00000210. The lowest BCUT2D eigenvalue weighted by atomic mass is 10.1. The number of pyridine rings is 2. The summed E-state index contributed by atoms with van der Waals surface area (Å²) in [5.74, 6) is 0.855. The van der Waals surface area contributed by atoms with Crippen LogP contribution in [0.5, 0.6) is 5.75 Å². The molecule has 39 heavy (non-hydrogen) atoms. The fourth-order valence-electron chi connectivity index (χ4n) is 4.76. The first kappa shape index (κ1) is 30.6. The molecule has 3 aromatic heterocycles. The molecule has 2 aromatic carbocycles. The molecule has 0 fully saturated rings. The van der Waals surface area contributed by atoms with E-state index in [4.69, 9.17) is 4.74 Å². The highest BCUT2D eigenvalue weighted by Crippen LogP contribution is 2.27. The summed E-state index contributed by atoms with van der Waals surface area (Å²) >= 11 is 1.84. The van der Waals surface area contributed by atoms with E-state index in [2.05, 4.69) is 45.6 Å². The van der Waals surface area contributed by atoms with Crippen LogP contribution in [0.3, 0.4) is 0 Å². The zero-order valence-electron chi connectivity index (χ0n) is 22.1. The Morgan fingerprint density at radius 1 is 0.949 bits per heavy atom. The lowest BCUT2D eigenvalue weighted by molar-refractivity contribution is 0.254. The third-order valence-corrected chi connectivity index (χ3v) is 7.89. The molecule has 0 unspecified atom stereocenters. The van der Waals surface area contributed by atoms with Gasteiger partial charge in [0.05, 0.1) is 12.1 Å². The van der Waals surface area contributed by atoms with E-state index >= 15 is 0 Å². The van der Waals surface area contributed by atoms with Crippen LogP contribution >= 0.6 is 36.2 Å². The molecular weight excluding hydrogens is 549 g/mol. The van der Waals surface area contributed by atoms with E-state index in [0.29, 0.717) is 6.61 Å². The first-order valence-electron chi connectivity index (χ1n) is 13.0. The number of thiophene rings is 1. The second-order valence-electron chi connectivity index (χ2n) is 9.50. The van der Waals surface area contributed by atoms with Gasteiger partial charge in [-0.3, -0.25) is 14.7 Å². The van der Waals surface area contributed by atoms with Crippen molar-refractivity contribution in [2.75, 3.05) is 19.7 Å². The molecule has 0 atom stereocenters. The maximum Gasteiger partial charge on any atom is 0.250 e. The monoisotopic (exact) mass is 583 g/mol. The van der Waals surface area contributed by atoms with Crippen LogP contribution in [-0.4, -0.2) is 34.1 Å². The average Bonchev–Trinajstić information content (AvgIpc) is 3.34. The number of aryl methyl sites for hydroxylation is 1. The molecule has 5 aromatic rings. The minimum absolute atomic E-state index is 0. The predicted molar refractivity (Wildman–Crippen MR) is 168 cm³/mol. The van der Waals surface area contributed by atoms with Crippen molar-refractivity contribution in [1.82, 2.24) is 14.5 Å². The van der Waals surface area contributed by atoms with Gasteiger partial charge in [0.25, 0.3) is 5.56 Å². The molecule has 8 heteroatoms. The van der Waals surface area contributed by atoms with Gasteiger partial charge >= 0.3 is 0 Å². The Morgan fingerprint density at radius 3 is 2.67 bits per heavy atom. The van der Waals surface area contributed by atoms with Crippen molar-refractivity contribution in [3.63, 3.8) is 0 Å². The van der Waals surface area contributed by atoms with Crippen LogP contribution in [0.15, 0.2) is 89.3 Å². The van der Waals surface area contributed by atoms with Crippen molar-refractivity contribution < 1.29 is 4.74 Å². The number of ether oxygens (including phenoxy) is 1. The zero-order valence-corrected chi connectivity index (χ0v) is 24.6. The van der Waals surface area contributed by atoms with Crippen LogP contribution < -0.4 is 10.3 Å². The normalized spacial score (nSPS) is 10.9. The summed E-state index contributed by atoms with van der Waals surface area (Å²) in [5, 5.41) is 4.71. The molecule has 0 amide bonds. The molecule has 0 spiro atoms. The minimum atomic E-state index is 0. The lowest BCUT2D eigenvalue weighted by Crippen LogP contribution is -2.27. The van der Waals surface area contributed by atoms with Gasteiger partial charge in [0.1, 0.15) is 5.75 Å². The fraction of sp³-hybridized carbons (Fsp3) is 0.290. The van der Waals surface area contributed by atoms with E-state index in [9.17, 15) is 4.79 Å². The number of aromatic nitrogens is 2. The molecule has 0 N–H and O–H groups in total. The van der Waals surface area contributed by atoms with Gasteiger partial charge in [-0.25, -0.2) is 0 Å². The number of benzene rings is 2. The summed E-state index contributed by atoms with van der Waals surface area (Å²) in [4.78, 5) is 18.7. The third kappa shape index (κ3) is 8.05. The average molecular weight is 585 g/mol. The predicted octanol–water partition coefficient (Wildman–Crippen LogP) is 7.29. The molecule has 206 valence electrons. The maximum atomic E-state index is 11.8. The topological polar surface area (TPSA) is 47.4 Å². The summed E-state index contributed by atoms with van der Waals surface area (Å²) in [6.45, 7) is 3.75. The Bertz CT molecular complexity index is 1520. The van der Waals surface area contributed by atoms with Gasteiger partial charge in [0.15, 0.2) is 0 Å². The highest BCUT2D eigenvalue weighted by Gasteiger charge is 2.11. The van der Waals surface area contributed by atoms with Crippen LogP contribution in [0.1, 0.15) is 30.4 Å². The quantitative estimate of drug-likeness (QED) is 0.145. The molecule has 0 saturated heterocycles. The van der Waals surface area contributed by atoms with Crippen molar-refractivity contribution in [3.8, 4) is 5.75 Å². The van der Waals surface area contributed by atoms with Gasteiger partial charge < -0.3 is 9.30 Å². The van der Waals surface area contributed by atoms with Crippen LogP contribution in [0.25, 0.3) is 21.0 Å². The molecular formula is C31H35Cl2N3O2S.